The number of hydrogen-bond acceptors (Lipinski definition) is 4. The average Bonchev–Trinajstić information content (AvgIpc) is 2.77. The molecule has 1 heterocycles. The van der Waals surface area contributed by atoms with Gasteiger partial charge in [0.25, 0.3) is 0 Å². The summed E-state index contributed by atoms with van der Waals surface area (Å²) in [5.74, 6) is 0. The molecule has 0 atom stereocenters. The van der Waals surface area contributed by atoms with Gasteiger partial charge in [0, 0.05) is 29.0 Å². The van der Waals surface area contributed by atoms with E-state index in [9.17, 15) is 0 Å². The molecule has 0 aliphatic heterocycles. The first-order valence-corrected chi connectivity index (χ1v) is 7.58. The molecule has 0 aliphatic carbocycles. The van der Waals surface area contributed by atoms with E-state index in [1.807, 2.05) is 12.1 Å². The van der Waals surface area contributed by atoms with Crippen molar-refractivity contribution in [2.45, 2.75) is 26.3 Å². The first-order valence-electron chi connectivity index (χ1n) is 5.97. The fourth-order valence-electron chi connectivity index (χ4n) is 1.56. The second kappa shape index (κ2) is 6.41. The van der Waals surface area contributed by atoms with Gasteiger partial charge in [0.15, 0.2) is 0 Å². The zero-order valence-corrected chi connectivity index (χ0v) is 12.9. The van der Waals surface area contributed by atoms with Gasteiger partial charge in [0.1, 0.15) is 10.0 Å². The highest BCUT2D eigenvalue weighted by Gasteiger charge is 2.06. The summed E-state index contributed by atoms with van der Waals surface area (Å²) in [5, 5.41) is 13.9. The minimum Gasteiger partial charge on any atom is -0.314 e. The van der Waals surface area contributed by atoms with Crippen LogP contribution in [-0.4, -0.2) is 22.8 Å². The van der Waals surface area contributed by atoms with E-state index in [1.54, 1.807) is 11.3 Å². The Morgan fingerprint density at radius 3 is 2.89 bits per heavy atom. The molecule has 5 heteroatoms. The summed E-state index contributed by atoms with van der Waals surface area (Å²) >= 11 is 5.13. The fourth-order valence-corrected chi connectivity index (χ4v) is 2.80. The minimum atomic E-state index is 0.516. The van der Waals surface area contributed by atoms with Crippen LogP contribution >= 0.6 is 27.3 Å². The van der Waals surface area contributed by atoms with E-state index in [-0.39, 0.29) is 0 Å². The van der Waals surface area contributed by atoms with E-state index < -0.39 is 0 Å². The van der Waals surface area contributed by atoms with Crippen LogP contribution in [0, 0.1) is 0 Å². The summed E-state index contributed by atoms with van der Waals surface area (Å²) in [6.45, 7) is 5.24. The molecule has 0 fully saturated rings. The molecular formula is C13H16BrN3S. The van der Waals surface area contributed by atoms with Crippen molar-refractivity contribution in [1.29, 1.82) is 0 Å². The molecule has 1 N–H and O–H groups in total. The van der Waals surface area contributed by atoms with Crippen LogP contribution in [0.15, 0.2) is 28.7 Å². The standard InChI is InChI=1S/C13H16BrN3S/c1-9(2)15-7-6-12-16-17-13(18-12)10-4-3-5-11(14)8-10/h3-5,8-9,15H,6-7H2,1-2H3. The van der Waals surface area contributed by atoms with E-state index in [1.165, 1.54) is 0 Å². The van der Waals surface area contributed by atoms with Crippen LogP contribution in [0.2, 0.25) is 0 Å². The van der Waals surface area contributed by atoms with E-state index >= 15 is 0 Å². The highest BCUT2D eigenvalue weighted by Crippen LogP contribution is 2.25. The predicted molar refractivity (Wildman–Crippen MR) is 79.9 cm³/mol. The summed E-state index contributed by atoms with van der Waals surface area (Å²) in [4.78, 5) is 0. The number of rotatable bonds is 5. The highest BCUT2D eigenvalue weighted by atomic mass is 79.9. The topological polar surface area (TPSA) is 37.8 Å². The average molecular weight is 326 g/mol. The zero-order valence-electron chi connectivity index (χ0n) is 10.5. The van der Waals surface area contributed by atoms with Gasteiger partial charge >= 0.3 is 0 Å². The van der Waals surface area contributed by atoms with Gasteiger partial charge in [0.05, 0.1) is 0 Å². The van der Waals surface area contributed by atoms with Gasteiger partial charge in [-0.2, -0.15) is 0 Å². The lowest BCUT2D eigenvalue weighted by atomic mass is 10.2. The Hall–Kier alpha value is -0.780. The number of hydrogen-bond donors (Lipinski definition) is 1. The number of benzene rings is 1. The quantitative estimate of drug-likeness (QED) is 0.914. The molecule has 2 aromatic rings. The molecule has 0 bridgehead atoms. The molecule has 2 rings (SSSR count). The molecule has 0 radical (unpaired) electrons. The Bertz CT molecular complexity index is 510. The van der Waals surface area contributed by atoms with Gasteiger partial charge in [-0.1, -0.05) is 53.2 Å². The van der Waals surface area contributed by atoms with Gasteiger partial charge in [-0.05, 0) is 12.1 Å². The third kappa shape index (κ3) is 3.86. The van der Waals surface area contributed by atoms with Gasteiger partial charge in [-0.3, -0.25) is 0 Å². The Balaban J connectivity index is 2.02. The molecule has 0 spiro atoms. The molecular weight excluding hydrogens is 310 g/mol. The van der Waals surface area contributed by atoms with Crippen molar-refractivity contribution in [2.24, 2.45) is 0 Å². The van der Waals surface area contributed by atoms with Crippen LogP contribution in [0.5, 0.6) is 0 Å². The summed E-state index contributed by atoms with van der Waals surface area (Å²) in [7, 11) is 0. The molecule has 0 saturated carbocycles. The highest BCUT2D eigenvalue weighted by molar-refractivity contribution is 9.10. The first-order chi connectivity index (χ1) is 8.65. The number of nitrogens with one attached hydrogen (secondary N) is 1. The number of halogens is 1. The Morgan fingerprint density at radius 2 is 2.17 bits per heavy atom. The van der Waals surface area contributed by atoms with Crippen LogP contribution < -0.4 is 5.32 Å². The third-order valence-corrected chi connectivity index (χ3v) is 3.96. The smallest absolute Gasteiger partial charge is 0.147 e. The van der Waals surface area contributed by atoms with E-state index in [2.05, 4.69) is 57.4 Å². The first kappa shape index (κ1) is 13.6. The molecule has 1 aromatic heterocycles. The lowest BCUT2D eigenvalue weighted by Crippen LogP contribution is -2.24. The van der Waals surface area contributed by atoms with Crippen molar-refractivity contribution in [1.82, 2.24) is 15.5 Å². The lowest BCUT2D eigenvalue weighted by Gasteiger charge is -2.05. The maximum absolute atomic E-state index is 4.25. The molecule has 0 saturated heterocycles. The summed E-state index contributed by atoms with van der Waals surface area (Å²) < 4.78 is 1.07. The van der Waals surface area contributed by atoms with Gasteiger partial charge in [-0.15, -0.1) is 10.2 Å². The van der Waals surface area contributed by atoms with Crippen molar-refractivity contribution in [3.63, 3.8) is 0 Å². The molecule has 96 valence electrons. The van der Waals surface area contributed by atoms with Crippen molar-refractivity contribution >= 4 is 27.3 Å². The molecule has 0 amide bonds. The second-order valence-electron chi connectivity index (χ2n) is 4.37. The maximum atomic E-state index is 4.25. The summed E-state index contributed by atoms with van der Waals surface area (Å²) in [6, 6.07) is 8.67. The van der Waals surface area contributed by atoms with Gasteiger partial charge < -0.3 is 5.32 Å². The van der Waals surface area contributed by atoms with Crippen LogP contribution in [0.25, 0.3) is 10.6 Å². The van der Waals surface area contributed by atoms with Crippen LogP contribution in [0.3, 0.4) is 0 Å². The van der Waals surface area contributed by atoms with Crippen molar-refractivity contribution in [2.75, 3.05) is 6.54 Å². The molecule has 18 heavy (non-hydrogen) atoms. The van der Waals surface area contributed by atoms with E-state index in [0.717, 1.165) is 33.0 Å². The monoisotopic (exact) mass is 325 g/mol. The zero-order chi connectivity index (χ0) is 13.0. The summed E-state index contributed by atoms with van der Waals surface area (Å²) in [6.07, 6.45) is 0.934. The van der Waals surface area contributed by atoms with Crippen molar-refractivity contribution < 1.29 is 0 Å². The Morgan fingerprint density at radius 1 is 1.33 bits per heavy atom. The van der Waals surface area contributed by atoms with Crippen molar-refractivity contribution in [3.8, 4) is 10.6 Å². The fraction of sp³-hybridized carbons (Fsp3) is 0.385. The lowest BCUT2D eigenvalue weighted by molar-refractivity contribution is 0.588. The SMILES string of the molecule is CC(C)NCCc1nnc(-c2cccc(Br)c2)s1. The summed E-state index contributed by atoms with van der Waals surface area (Å²) in [5.41, 5.74) is 1.12. The molecule has 3 nitrogen and oxygen atoms in total. The predicted octanol–water partition coefficient (Wildman–Crippen LogP) is 3.51. The minimum absolute atomic E-state index is 0.516. The van der Waals surface area contributed by atoms with Crippen LogP contribution in [0.4, 0.5) is 0 Å². The molecule has 1 aromatic carbocycles. The second-order valence-corrected chi connectivity index (χ2v) is 6.35. The van der Waals surface area contributed by atoms with Crippen LogP contribution in [-0.2, 0) is 6.42 Å². The van der Waals surface area contributed by atoms with E-state index in [0.29, 0.717) is 6.04 Å². The number of nitrogens with zero attached hydrogens (tertiary/aromatic N) is 2. The van der Waals surface area contributed by atoms with E-state index in [4.69, 9.17) is 0 Å². The Labute approximate surface area is 120 Å². The number of aromatic nitrogens is 2. The Kier molecular flexibility index (Phi) is 4.86. The molecule has 0 aliphatic rings. The van der Waals surface area contributed by atoms with Crippen molar-refractivity contribution in [3.05, 3.63) is 33.7 Å². The van der Waals surface area contributed by atoms with Gasteiger partial charge in [0.2, 0.25) is 0 Å². The third-order valence-electron chi connectivity index (χ3n) is 2.43. The largest absolute Gasteiger partial charge is 0.314 e. The normalized spacial score (nSPS) is 11.1. The van der Waals surface area contributed by atoms with Gasteiger partial charge in [-0.25, -0.2) is 0 Å². The van der Waals surface area contributed by atoms with Crippen LogP contribution in [0.1, 0.15) is 18.9 Å². The molecule has 0 unspecified atom stereocenters. The maximum Gasteiger partial charge on any atom is 0.147 e.